The largest absolute Gasteiger partial charge is 0.477 e. The molecule has 0 saturated heterocycles. The standard InChI is InChI=1S/C13H8F3NO2/c14-13(15,16)11-9(8-4-2-1-3-5-8)6-7-10(17-11)12(18)19/h1-7H,(H,18,19). The third-order valence-corrected chi connectivity index (χ3v) is 2.47. The molecule has 0 bridgehead atoms. The van der Waals surface area contributed by atoms with E-state index in [2.05, 4.69) is 4.98 Å². The van der Waals surface area contributed by atoms with Crippen molar-refractivity contribution in [3.63, 3.8) is 0 Å². The first-order valence-electron chi connectivity index (χ1n) is 5.26. The fourth-order valence-electron chi connectivity index (χ4n) is 1.64. The number of carbonyl (C=O) groups is 1. The van der Waals surface area contributed by atoms with Crippen LogP contribution in [0.5, 0.6) is 0 Å². The van der Waals surface area contributed by atoms with Gasteiger partial charge in [0.25, 0.3) is 0 Å². The molecule has 1 N–H and O–H groups in total. The minimum atomic E-state index is -4.71. The number of halogens is 3. The third-order valence-electron chi connectivity index (χ3n) is 2.47. The van der Waals surface area contributed by atoms with Gasteiger partial charge in [-0.05, 0) is 17.7 Å². The summed E-state index contributed by atoms with van der Waals surface area (Å²) in [5.74, 6) is -1.50. The number of rotatable bonds is 2. The Morgan fingerprint density at radius 3 is 2.21 bits per heavy atom. The van der Waals surface area contributed by atoms with Gasteiger partial charge in [-0.2, -0.15) is 13.2 Å². The molecule has 1 heterocycles. The molecule has 98 valence electrons. The Hall–Kier alpha value is -2.37. The van der Waals surface area contributed by atoms with Crippen LogP contribution in [0.4, 0.5) is 13.2 Å². The summed E-state index contributed by atoms with van der Waals surface area (Å²) in [5, 5.41) is 8.71. The van der Waals surface area contributed by atoms with Crippen molar-refractivity contribution in [2.75, 3.05) is 0 Å². The number of hydrogen-bond acceptors (Lipinski definition) is 2. The molecule has 6 heteroatoms. The molecule has 0 atom stereocenters. The first kappa shape index (κ1) is 13.1. The summed E-state index contributed by atoms with van der Waals surface area (Å²) in [6.07, 6.45) is -4.71. The van der Waals surface area contributed by atoms with E-state index in [0.29, 0.717) is 5.56 Å². The number of aromatic carboxylic acids is 1. The van der Waals surface area contributed by atoms with Crippen LogP contribution in [0.2, 0.25) is 0 Å². The molecule has 0 unspecified atom stereocenters. The molecule has 0 fully saturated rings. The molecule has 0 amide bonds. The summed E-state index contributed by atoms with van der Waals surface area (Å²) in [4.78, 5) is 13.9. The smallest absolute Gasteiger partial charge is 0.433 e. The van der Waals surface area contributed by atoms with Crippen LogP contribution in [0.1, 0.15) is 16.2 Å². The summed E-state index contributed by atoms with van der Waals surface area (Å²) in [6.45, 7) is 0. The number of alkyl halides is 3. The van der Waals surface area contributed by atoms with Gasteiger partial charge in [0.05, 0.1) is 0 Å². The molecule has 0 radical (unpaired) electrons. The zero-order valence-corrected chi connectivity index (χ0v) is 9.48. The van der Waals surface area contributed by atoms with E-state index in [9.17, 15) is 18.0 Å². The Balaban J connectivity index is 2.65. The van der Waals surface area contributed by atoms with E-state index in [1.807, 2.05) is 0 Å². The number of benzene rings is 1. The van der Waals surface area contributed by atoms with Crippen LogP contribution in [-0.2, 0) is 6.18 Å². The van der Waals surface area contributed by atoms with Gasteiger partial charge in [0.1, 0.15) is 5.69 Å². The summed E-state index contributed by atoms with van der Waals surface area (Å²) < 4.78 is 38.8. The monoisotopic (exact) mass is 267 g/mol. The molecule has 0 saturated carbocycles. The maximum atomic E-state index is 12.9. The van der Waals surface area contributed by atoms with Gasteiger partial charge in [0.2, 0.25) is 0 Å². The third kappa shape index (κ3) is 2.73. The van der Waals surface area contributed by atoms with Gasteiger partial charge in [-0.3, -0.25) is 0 Å². The van der Waals surface area contributed by atoms with Gasteiger partial charge in [0.15, 0.2) is 5.69 Å². The average Bonchev–Trinajstić information content (AvgIpc) is 2.38. The lowest BCUT2D eigenvalue weighted by atomic mass is 10.0. The second-order valence-corrected chi connectivity index (χ2v) is 3.76. The first-order chi connectivity index (χ1) is 8.89. The summed E-state index contributed by atoms with van der Waals surface area (Å²) >= 11 is 0. The van der Waals surface area contributed by atoms with Crippen LogP contribution in [-0.4, -0.2) is 16.1 Å². The van der Waals surface area contributed by atoms with Gasteiger partial charge in [-0.1, -0.05) is 30.3 Å². The van der Waals surface area contributed by atoms with Crippen LogP contribution in [0.25, 0.3) is 11.1 Å². The van der Waals surface area contributed by atoms with E-state index in [1.165, 1.54) is 12.1 Å². The van der Waals surface area contributed by atoms with E-state index in [-0.39, 0.29) is 5.56 Å². The summed E-state index contributed by atoms with van der Waals surface area (Å²) in [5.41, 5.74) is -1.64. The van der Waals surface area contributed by atoms with Crippen molar-refractivity contribution in [2.45, 2.75) is 6.18 Å². The van der Waals surface area contributed by atoms with Crippen LogP contribution in [0.3, 0.4) is 0 Å². The van der Waals surface area contributed by atoms with E-state index >= 15 is 0 Å². The highest BCUT2D eigenvalue weighted by atomic mass is 19.4. The Morgan fingerprint density at radius 1 is 1.05 bits per heavy atom. The van der Waals surface area contributed by atoms with Gasteiger partial charge in [0, 0.05) is 5.56 Å². The summed E-state index contributed by atoms with van der Waals surface area (Å²) in [7, 11) is 0. The SMILES string of the molecule is O=C(O)c1ccc(-c2ccccc2)c(C(F)(F)F)n1. The van der Waals surface area contributed by atoms with Gasteiger partial charge in [-0.15, -0.1) is 0 Å². The van der Waals surface area contributed by atoms with Crippen molar-refractivity contribution in [1.82, 2.24) is 4.98 Å². The molecule has 1 aromatic carbocycles. The molecule has 0 aliphatic carbocycles. The molecule has 1 aromatic heterocycles. The second-order valence-electron chi connectivity index (χ2n) is 3.76. The Kier molecular flexibility index (Phi) is 3.25. The lowest BCUT2D eigenvalue weighted by molar-refractivity contribution is -0.140. The zero-order valence-electron chi connectivity index (χ0n) is 9.48. The van der Waals surface area contributed by atoms with Crippen molar-refractivity contribution in [3.8, 4) is 11.1 Å². The highest BCUT2D eigenvalue weighted by Gasteiger charge is 2.36. The van der Waals surface area contributed by atoms with Gasteiger partial charge < -0.3 is 5.11 Å². The number of nitrogens with zero attached hydrogens (tertiary/aromatic N) is 1. The quantitative estimate of drug-likeness (QED) is 0.906. The molecule has 3 nitrogen and oxygen atoms in total. The van der Waals surface area contributed by atoms with Crippen molar-refractivity contribution < 1.29 is 23.1 Å². The Bertz CT molecular complexity index is 609. The normalized spacial score (nSPS) is 11.3. The van der Waals surface area contributed by atoms with E-state index < -0.39 is 23.5 Å². The number of hydrogen-bond donors (Lipinski definition) is 1. The maximum absolute atomic E-state index is 12.9. The Labute approximate surface area is 106 Å². The number of aromatic nitrogens is 1. The lowest BCUT2D eigenvalue weighted by Gasteiger charge is -2.12. The number of carboxylic acid groups (broad SMARTS) is 1. The van der Waals surface area contributed by atoms with Gasteiger partial charge >= 0.3 is 12.1 Å². The highest BCUT2D eigenvalue weighted by Crippen LogP contribution is 2.35. The zero-order chi connectivity index (χ0) is 14.0. The van der Waals surface area contributed by atoms with Crippen molar-refractivity contribution in [3.05, 3.63) is 53.9 Å². The number of pyridine rings is 1. The molecule has 0 spiro atoms. The van der Waals surface area contributed by atoms with Crippen LogP contribution in [0.15, 0.2) is 42.5 Å². The molecule has 2 aromatic rings. The van der Waals surface area contributed by atoms with Crippen molar-refractivity contribution >= 4 is 5.97 Å². The maximum Gasteiger partial charge on any atom is 0.433 e. The highest BCUT2D eigenvalue weighted by molar-refractivity contribution is 5.86. The molecule has 19 heavy (non-hydrogen) atoms. The molecule has 0 aliphatic heterocycles. The minimum absolute atomic E-state index is 0.141. The first-order valence-corrected chi connectivity index (χ1v) is 5.26. The molecule has 2 rings (SSSR count). The predicted molar refractivity (Wildman–Crippen MR) is 61.6 cm³/mol. The van der Waals surface area contributed by atoms with Crippen LogP contribution >= 0.6 is 0 Å². The lowest BCUT2D eigenvalue weighted by Crippen LogP contribution is -2.13. The minimum Gasteiger partial charge on any atom is -0.477 e. The molecular weight excluding hydrogens is 259 g/mol. The fourth-order valence-corrected chi connectivity index (χ4v) is 1.64. The number of carboxylic acids is 1. The van der Waals surface area contributed by atoms with E-state index in [4.69, 9.17) is 5.11 Å². The van der Waals surface area contributed by atoms with E-state index in [0.717, 1.165) is 12.1 Å². The van der Waals surface area contributed by atoms with Crippen LogP contribution < -0.4 is 0 Å². The average molecular weight is 267 g/mol. The van der Waals surface area contributed by atoms with Crippen molar-refractivity contribution in [2.24, 2.45) is 0 Å². The van der Waals surface area contributed by atoms with Gasteiger partial charge in [-0.25, -0.2) is 9.78 Å². The molecule has 0 aliphatic rings. The predicted octanol–water partition coefficient (Wildman–Crippen LogP) is 3.47. The van der Waals surface area contributed by atoms with Crippen molar-refractivity contribution in [1.29, 1.82) is 0 Å². The second kappa shape index (κ2) is 4.72. The van der Waals surface area contributed by atoms with Crippen LogP contribution in [0, 0.1) is 0 Å². The topological polar surface area (TPSA) is 50.2 Å². The molecular formula is C13H8F3NO2. The van der Waals surface area contributed by atoms with E-state index in [1.54, 1.807) is 18.2 Å². The Morgan fingerprint density at radius 2 is 1.68 bits per heavy atom. The fraction of sp³-hybridized carbons (Fsp3) is 0.0769. The summed E-state index contributed by atoms with van der Waals surface area (Å²) in [6, 6.07) is 10.1.